The minimum absolute atomic E-state index is 0. The van der Waals surface area contributed by atoms with E-state index in [1.807, 2.05) is 0 Å². The minimum atomic E-state index is -0.306. The van der Waals surface area contributed by atoms with Gasteiger partial charge in [-0.05, 0) is 48.6 Å². The Kier molecular flexibility index (Phi) is 6.39. The molecule has 2 aliphatic rings. The molecule has 1 unspecified atom stereocenters. The molecule has 142 valence electrons. The largest absolute Gasteiger partial charge is 0.351 e. The molecule has 0 spiro atoms. The number of amides is 2. The van der Waals surface area contributed by atoms with Gasteiger partial charge < -0.3 is 10.6 Å². The molecule has 0 radical (unpaired) electrons. The standard InChI is InChI=1S/C21H23N3OS.BrH/c22-21(25)23-14-11-17(12-15-23)20-13-16-26(19-9-5-2-6-10-19)24(20)18-7-3-1-4-8-18;/h1-10,13,16-17H,11-12,14-15H2,(H2,22,25);1H. The van der Waals surface area contributed by atoms with Crippen molar-refractivity contribution in [3.63, 3.8) is 0 Å². The average Bonchev–Trinajstić information content (AvgIpc) is 3.14. The van der Waals surface area contributed by atoms with Crippen LogP contribution in [0.4, 0.5) is 10.5 Å². The van der Waals surface area contributed by atoms with E-state index >= 15 is 0 Å². The first-order chi connectivity index (χ1) is 12.7. The zero-order chi connectivity index (χ0) is 17.9. The Morgan fingerprint density at radius 2 is 1.56 bits per heavy atom. The predicted molar refractivity (Wildman–Crippen MR) is 120 cm³/mol. The Morgan fingerprint density at radius 1 is 0.963 bits per heavy atom. The summed E-state index contributed by atoms with van der Waals surface area (Å²) in [7, 11) is -0.118. The number of halogens is 1. The quantitative estimate of drug-likeness (QED) is 0.689. The van der Waals surface area contributed by atoms with E-state index in [0.717, 1.165) is 25.9 Å². The lowest BCUT2D eigenvalue weighted by atomic mass is 9.93. The third-order valence-electron chi connectivity index (χ3n) is 5.00. The third-order valence-corrected chi connectivity index (χ3v) is 6.96. The number of carbonyl (C=O) groups excluding carboxylic acids is 1. The lowest BCUT2D eigenvalue weighted by Gasteiger charge is -2.36. The molecule has 1 fully saturated rings. The first-order valence-corrected chi connectivity index (χ1v) is 10.2. The maximum Gasteiger partial charge on any atom is 0.314 e. The Balaban J connectivity index is 0.00000210. The summed E-state index contributed by atoms with van der Waals surface area (Å²) in [4.78, 5) is 14.5. The van der Waals surface area contributed by atoms with Crippen molar-refractivity contribution in [3.8, 4) is 0 Å². The Morgan fingerprint density at radius 3 is 2.15 bits per heavy atom. The van der Waals surface area contributed by atoms with E-state index in [-0.39, 0.29) is 33.7 Å². The van der Waals surface area contributed by atoms with Crippen LogP contribution in [-0.4, -0.2) is 29.4 Å². The summed E-state index contributed by atoms with van der Waals surface area (Å²) < 4.78 is 2.47. The van der Waals surface area contributed by atoms with Gasteiger partial charge in [0.1, 0.15) is 0 Å². The SMILES string of the molecule is Br.NC(=O)N1CCC(C2=CC=S(c3ccccc3)N2c2ccccc2)CC1. The molecule has 2 N–H and O–H groups in total. The second kappa shape index (κ2) is 8.76. The Labute approximate surface area is 173 Å². The monoisotopic (exact) mass is 445 g/mol. The molecule has 27 heavy (non-hydrogen) atoms. The highest BCUT2D eigenvalue weighted by atomic mass is 79.9. The molecule has 6 heteroatoms. The van der Waals surface area contributed by atoms with Gasteiger partial charge in [0.15, 0.2) is 0 Å². The molecule has 2 amide bonds. The van der Waals surface area contributed by atoms with Gasteiger partial charge in [-0.15, -0.1) is 17.0 Å². The van der Waals surface area contributed by atoms with Crippen molar-refractivity contribution in [1.82, 2.24) is 4.90 Å². The summed E-state index contributed by atoms with van der Waals surface area (Å²) in [5.41, 5.74) is 8.01. The predicted octanol–water partition coefficient (Wildman–Crippen LogP) is 4.80. The number of nitrogens with two attached hydrogens (primary N) is 1. The third kappa shape index (κ3) is 4.12. The van der Waals surface area contributed by atoms with Crippen molar-refractivity contribution in [2.24, 2.45) is 11.7 Å². The average molecular weight is 446 g/mol. The van der Waals surface area contributed by atoms with E-state index in [4.69, 9.17) is 5.73 Å². The number of nitrogens with zero attached hydrogens (tertiary/aromatic N) is 2. The van der Waals surface area contributed by atoms with Crippen molar-refractivity contribution in [2.75, 3.05) is 17.4 Å². The maximum absolute atomic E-state index is 11.4. The van der Waals surface area contributed by atoms with Crippen LogP contribution in [0.3, 0.4) is 0 Å². The number of carbonyl (C=O) groups is 1. The second-order valence-electron chi connectivity index (χ2n) is 6.58. The molecule has 0 aliphatic carbocycles. The van der Waals surface area contributed by atoms with E-state index in [1.165, 1.54) is 16.3 Å². The Hall–Kier alpha value is -2.05. The summed E-state index contributed by atoms with van der Waals surface area (Å²) in [5.74, 6) is 0.447. The molecule has 2 aromatic rings. The van der Waals surface area contributed by atoms with E-state index in [0.29, 0.717) is 5.92 Å². The van der Waals surface area contributed by atoms with Gasteiger partial charge in [-0.3, -0.25) is 4.31 Å². The summed E-state index contributed by atoms with van der Waals surface area (Å²) in [6.45, 7) is 1.47. The lowest BCUT2D eigenvalue weighted by molar-refractivity contribution is 0.185. The van der Waals surface area contributed by atoms with Gasteiger partial charge in [0.2, 0.25) is 0 Å². The molecular weight excluding hydrogens is 422 g/mol. The molecule has 4 rings (SSSR count). The van der Waals surface area contributed by atoms with Gasteiger partial charge in [-0.2, -0.15) is 0 Å². The number of benzene rings is 2. The number of para-hydroxylation sites is 1. The van der Waals surface area contributed by atoms with Gasteiger partial charge in [0.25, 0.3) is 0 Å². The molecular formula is C21H24BrN3OS. The van der Waals surface area contributed by atoms with Crippen LogP contribution in [0.25, 0.3) is 0 Å². The zero-order valence-electron chi connectivity index (χ0n) is 15.0. The number of hydrogen-bond acceptors (Lipinski definition) is 2. The number of primary amides is 1. The molecule has 4 nitrogen and oxygen atoms in total. The van der Waals surface area contributed by atoms with E-state index in [1.54, 1.807) is 4.90 Å². The molecule has 1 atom stereocenters. The van der Waals surface area contributed by atoms with Crippen LogP contribution in [0, 0.1) is 5.92 Å². The highest BCUT2D eigenvalue weighted by molar-refractivity contribution is 8.93. The van der Waals surface area contributed by atoms with E-state index in [2.05, 4.69) is 76.4 Å². The van der Waals surface area contributed by atoms with Crippen LogP contribution in [-0.2, 0) is 0 Å². The smallest absolute Gasteiger partial charge is 0.314 e. The Bertz CT molecular complexity index is 846. The van der Waals surface area contributed by atoms with Crippen molar-refractivity contribution in [2.45, 2.75) is 17.7 Å². The van der Waals surface area contributed by atoms with Crippen molar-refractivity contribution >= 4 is 44.7 Å². The first kappa shape index (κ1) is 19.7. The van der Waals surface area contributed by atoms with Gasteiger partial charge in [-0.25, -0.2) is 4.79 Å². The number of urea groups is 1. The van der Waals surface area contributed by atoms with Crippen molar-refractivity contribution in [3.05, 3.63) is 72.4 Å². The number of hydrogen-bond donors (Lipinski definition) is 1. The molecule has 2 heterocycles. The van der Waals surface area contributed by atoms with Crippen LogP contribution >= 0.6 is 27.7 Å². The van der Waals surface area contributed by atoms with Crippen LogP contribution < -0.4 is 10.0 Å². The van der Waals surface area contributed by atoms with Gasteiger partial charge in [0.05, 0.1) is 5.69 Å². The number of piperidine rings is 1. The van der Waals surface area contributed by atoms with Gasteiger partial charge in [0, 0.05) is 29.6 Å². The molecule has 0 aromatic heterocycles. The molecule has 1 saturated heterocycles. The maximum atomic E-state index is 11.4. The van der Waals surface area contributed by atoms with Crippen molar-refractivity contribution < 1.29 is 4.79 Å². The number of anilines is 1. The van der Waals surface area contributed by atoms with Crippen LogP contribution in [0.5, 0.6) is 0 Å². The minimum Gasteiger partial charge on any atom is -0.351 e. The van der Waals surface area contributed by atoms with Crippen LogP contribution in [0.1, 0.15) is 12.8 Å². The first-order valence-electron chi connectivity index (χ1n) is 8.97. The van der Waals surface area contributed by atoms with Crippen molar-refractivity contribution in [1.29, 1.82) is 0 Å². The fraction of sp³-hybridized carbons (Fsp3) is 0.238. The second-order valence-corrected chi connectivity index (χ2v) is 8.32. The van der Waals surface area contributed by atoms with Gasteiger partial charge in [-0.1, -0.05) is 47.1 Å². The van der Waals surface area contributed by atoms with Crippen LogP contribution in [0.2, 0.25) is 0 Å². The normalized spacial score (nSPS) is 19.9. The summed E-state index contributed by atoms with van der Waals surface area (Å²) in [5, 5.41) is 2.32. The highest BCUT2D eigenvalue weighted by Gasteiger charge is 2.30. The highest BCUT2D eigenvalue weighted by Crippen LogP contribution is 2.45. The molecule has 0 saturated carbocycles. The summed E-state index contributed by atoms with van der Waals surface area (Å²) in [6.07, 6.45) is 4.20. The fourth-order valence-electron chi connectivity index (χ4n) is 3.64. The number of rotatable bonds is 3. The molecule has 2 aromatic carbocycles. The summed E-state index contributed by atoms with van der Waals surface area (Å²) >= 11 is 0. The zero-order valence-corrected chi connectivity index (χ0v) is 17.6. The van der Waals surface area contributed by atoms with E-state index in [9.17, 15) is 4.79 Å². The molecule has 2 aliphatic heterocycles. The number of allylic oxidation sites excluding steroid dienone is 2. The topological polar surface area (TPSA) is 49.6 Å². The van der Waals surface area contributed by atoms with Gasteiger partial charge >= 0.3 is 6.03 Å². The lowest BCUT2D eigenvalue weighted by Crippen LogP contribution is -2.42. The van der Waals surface area contributed by atoms with E-state index < -0.39 is 0 Å². The number of likely N-dealkylation sites (tertiary alicyclic amines) is 1. The molecule has 0 bridgehead atoms. The fourth-order valence-corrected chi connectivity index (χ4v) is 5.62. The summed E-state index contributed by atoms with van der Waals surface area (Å²) in [6, 6.07) is 20.9. The van der Waals surface area contributed by atoms with Crippen LogP contribution in [0.15, 0.2) is 77.3 Å².